The van der Waals surface area contributed by atoms with Crippen LogP contribution in [0.2, 0.25) is 0 Å². The van der Waals surface area contributed by atoms with Crippen LogP contribution in [0.1, 0.15) is 51.6 Å². The van der Waals surface area contributed by atoms with E-state index in [0.717, 1.165) is 5.56 Å². The molecule has 0 fully saturated rings. The fraction of sp³-hybridized carbons (Fsp3) is 0.148. The Kier molecular flexibility index (Phi) is 6.66. The number of Topliss-reactive ketones (excluding diaryl/α,β-unsaturated/α-hetero) is 1. The highest BCUT2D eigenvalue weighted by atomic mass is 32.2. The van der Waals surface area contributed by atoms with Crippen LogP contribution in [0.4, 0.5) is 5.69 Å². The number of fused-ring (bicyclic) bond motifs is 1. The number of allylic oxidation sites excluding steroid dienone is 2. The van der Waals surface area contributed by atoms with Crippen LogP contribution in [0.25, 0.3) is 0 Å². The van der Waals surface area contributed by atoms with Crippen LogP contribution in [0.3, 0.4) is 0 Å². The topological polar surface area (TPSA) is 102 Å². The zero-order chi connectivity index (χ0) is 25.2. The smallest absolute Gasteiger partial charge is 0.339 e. The van der Waals surface area contributed by atoms with Gasteiger partial charge in [0.05, 0.1) is 34.7 Å². The average Bonchev–Trinajstić information content (AvgIpc) is 2.86. The standard InChI is InChI=1S/C27H24N2O5S/c1-17(2)18-12-14-19(15-13-18)35(32,33)29-24-16-25(26(30)21-9-5-4-8-20(21)24)28-23-11-7-6-10-22(23)27(31)34-3/h4-17,28H,1-3H3. The second-order valence-corrected chi connectivity index (χ2v) is 9.87. The summed E-state index contributed by atoms with van der Waals surface area (Å²) in [6.45, 7) is 4.05. The number of ether oxygens (including phenoxy) is 1. The van der Waals surface area contributed by atoms with E-state index in [-0.39, 0.29) is 33.6 Å². The summed E-state index contributed by atoms with van der Waals surface area (Å²) in [4.78, 5) is 25.4. The van der Waals surface area contributed by atoms with Crippen molar-refractivity contribution in [2.24, 2.45) is 4.40 Å². The van der Waals surface area contributed by atoms with Gasteiger partial charge in [-0.3, -0.25) is 4.79 Å². The Balaban J connectivity index is 1.79. The molecule has 8 heteroatoms. The normalized spacial score (nSPS) is 14.5. The molecular formula is C27H24N2O5S. The number of esters is 1. The zero-order valence-corrected chi connectivity index (χ0v) is 20.3. The van der Waals surface area contributed by atoms with Gasteiger partial charge in [0.2, 0.25) is 5.78 Å². The van der Waals surface area contributed by atoms with Gasteiger partial charge in [-0.1, -0.05) is 62.4 Å². The molecule has 0 spiro atoms. The Morgan fingerprint density at radius 3 is 2.20 bits per heavy atom. The molecule has 0 saturated carbocycles. The van der Waals surface area contributed by atoms with Crippen molar-refractivity contribution in [1.29, 1.82) is 0 Å². The largest absolute Gasteiger partial charge is 0.465 e. The minimum absolute atomic E-state index is 0.0581. The molecule has 1 aliphatic rings. The second kappa shape index (κ2) is 9.68. The maximum absolute atomic E-state index is 13.2. The van der Waals surface area contributed by atoms with E-state index in [4.69, 9.17) is 4.74 Å². The van der Waals surface area contributed by atoms with Gasteiger partial charge >= 0.3 is 5.97 Å². The quantitative estimate of drug-likeness (QED) is 0.492. The molecule has 1 N–H and O–H groups in total. The number of nitrogens with one attached hydrogen (secondary N) is 1. The van der Waals surface area contributed by atoms with Gasteiger partial charge in [-0.05, 0) is 41.8 Å². The summed E-state index contributed by atoms with van der Waals surface area (Å²) in [7, 11) is -2.79. The molecular weight excluding hydrogens is 464 g/mol. The van der Waals surface area contributed by atoms with E-state index in [1.807, 2.05) is 13.8 Å². The first-order valence-corrected chi connectivity index (χ1v) is 12.4. The zero-order valence-electron chi connectivity index (χ0n) is 19.5. The third kappa shape index (κ3) is 4.93. The van der Waals surface area contributed by atoms with E-state index in [2.05, 4.69) is 9.71 Å². The highest BCUT2D eigenvalue weighted by molar-refractivity contribution is 7.90. The van der Waals surface area contributed by atoms with E-state index in [1.165, 1.54) is 25.3 Å². The molecule has 3 aromatic rings. The predicted molar refractivity (Wildman–Crippen MR) is 135 cm³/mol. The van der Waals surface area contributed by atoms with Gasteiger partial charge in [0.15, 0.2) is 0 Å². The fourth-order valence-electron chi connectivity index (χ4n) is 3.73. The van der Waals surface area contributed by atoms with Crippen molar-refractivity contribution in [1.82, 2.24) is 0 Å². The highest BCUT2D eigenvalue weighted by Crippen LogP contribution is 2.27. The average molecular weight is 489 g/mol. The molecule has 7 nitrogen and oxygen atoms in total. The van der Waals surface area contributed by atoms with Gasteiger partial charge in [0.25, 0.3) is 10.0 Å². The third-order valence-corrected chi connectivity index (χ3v) is 6.94. The number of ketones is 1. The number of sulfonamides is 1. The van der Waals surface area contributed by atoms with Gasteiger partial charge in [-0.15, -0.1) is 0 Å². The molecule has 0 bridgehead atoms. The Hall–Kier alpha value is -4.04. The van der Waals surface area contributed by atoms with Crippen molar-refractivity contribution in [2.75, 3.05) is 12.4 Å². The molecule has 4 rings (SSSR count). The molecule has 1 aliphatic carbocycles. The first-order chi connectivity index (χ1) is 16.7. The van der Waals surface area contributed by atoms with Crippen molar-refractivity contribution in [2.45, 2.75) is 24.7 Å². The monoisotopic (exact) mass is 488 g/mol. The number of carbonyl (C=O) groups is 2. The van der Waals surface area contributed by atoms with E-state index in [0.29, 0.717) is 16.8 Å². The summed E-state index contributed by atoms with van der Waals surface area (Å²) in [6.07, 6.45) is 1.39. The predicted octanol–water partition coefficient (Wildman–Crippen LogP) is 4.97. The van der Waals surface area contributed by atoms with Gasteiger partial charge in [-0.25, -0.2) is 4.79 Å². The van der Waals surface area contributed by atoms with E-state index in [1.54, 1.807) is 60.7 Å². The summed E-state index contributed by atoms with van der Waals surface area (Å²) in [5.41, 5.74) is 2.52. The molecule has 0 atom stereocenters. The maximum Gasteiger partial charge on any atom is 0.339 e. The SMILES string of the molecule is COC(=O)c1ccccc1NC1=CC(=NS(=O)(=O)c2ccc(C(C)C)cc2)c2ccccc2C1=O. The van der Waals surface area contributed by atoms with Crippen molar-refractivity contribution < 1.29 is 22.7 Å². The maximum atomic E-state index is 13.2. The van der Waals surface area contributed by atoms with Crippen molar-refractivity contribution in [3.05, 3.63) is 107 Å². The first kappa shape index (κ1) is 24.1. The molecule has 3 aromatic carbocycles. The van der Waals surface area contributed by atoms with Crippen LogP contribution < -0.4 is 5.32 Å². The van der Waals surface area contributed by atoms with Crippen LogP contribution >= 0.6 is 0 Å². The molecule has 0 aromatic heterocycles. The van der Waals surface area contributed by atoms with Crippen LogP contribution in [-0.4, -0.2) is 33.0 Å². The minimum atomic E-state index is -4.05. The fourth-order valence-corrected chi connectivity index (χ4v) is 4.73. The molecule has 0 unspecified atom stereocenters. The summed E-state index contributed by atoms with van der Waals surface area (Å²) < 4.78 is 35.2. The number of nitrogens with zero attached hydrogens (tertiary/aromatic N) is 1. The van der Waals surface area contributed by atoms with E-state index >= 15 is 0 Å². The number of carbonyl (C=O) groups excluding carboxylic acids is 2. The number of methoxy groups -OCH3 is 1. The Morgan fingerprint density at radius 1 is 0.914 bits per heavy atom. The molecule has 0 aliphatic heterocycles. The Morgan fingerprint density at radius 2 is 1.54 bits per heavy atom. The Labute approximate surface area is 204 Å². The van der Waals surface area contributed by atoms with Crippen molar-refractivity contribution in [3.63, 3.8) is 0 Å². The lowest BCUT2D eigenvalue weighted by Crippen LogP contribution is -2.23. The van der Waals surface area contributed by atoms with E-state index < -0.39 is 16.0 Å². The molecule has 35 heavy (non-hydrogen) atoms. The number of hydrogen-bond donors (Lipinski definition) is 1. The first-order valence-electron chi connectivity index (χ1n) is 11.0. The molecule has 0 radical (unpaired) electrons. The van der Waals surface area contributed by atoms with Crippen molar-refractivity contribution >= 4 is 33.2 Å². The number of anilines is 1. The number of benzene rings is 3. The molecule has 0 amide bonds. The highest BCUT2D eigenvalue weighted by Gasteiger charge is 2.27. The molecule has 0 saturated heterocycles. The van der Waals surface area contributed by atoms with Gasteiger partial charge < -0.3 is 10.1 Å². The van der Waals surface area contributed by atoms with Gasteiger partial charge in [0, 0.05) is 11.1 Å². The molecule has 178 valence electrons. The number of para-hydroxylation sites is 1. The van der Waals surface area contributed by atoms with Crippen LogP contribution in [0.5, 0.6) is 0 Å². The lowest BCUT2D eigenvalue weighted by Gasteiger charge is -2.19. The van der Waals surface area contributed by atoms with Crippen LogP contribution in [-0.2, 0) is 14.8 Å². The minimum Gasteiger partial charge on any atom is -0.465 e. The lowest BCUT2D eigenvalue weighted by atomic mass is 9.92. The summed E-state index contributed by atoms with van der Waals surface area (Å²) >= 11 is 0. The van der Waals surface area contributed by atoms with Gasteiger partial charge in [-0.2, -0.15) is 12.8 Å². The third-order valence-electron chi connectivity index (χ3n) is 5.64. The van der Waals surface area contributed by atoms with Crippen molar-refractivity contribution in [3.8, 4) is 0 Å². The number of rotatable bonds is 6. The number of hydrogen-bond acceptors (Lipinski definition) is 6. The van der Waals surface area contributed by atoms with Crippen LogP contribution in [0, 0.1) is 0 Å². The van der Waals surface area contributed by atoms with E-state index in [9.17, 15) is 18.0 Å². The van der Waals surface area contributed by atoms with Gasteiger partial charge in [0.1, 0.15) is 0 Å². The van der Waals surface area contributed by atoms with Crippen LogP contribution in [0.15, 0.2) is 93.9 Å². The summed E-state index contributed by atoms with van der Waals surface area (Å²) in [5, 5.41) is 2.97. The lowest BCUT2D eigenvalue weighted by molar-refractivity contribution is 0.0601. The Bertz CT molecular complexity index is 1470. The second-order valence-electron chi connectivity index (χ2n) is 8.27. The summed E-state index contributed by atoms with van der Waals surface area (Å²) in [5.74, 6) is -0.657. The molecule has 0 heterocycles. The summed E-state index contributed by atoms with van der Waals surface area (Å²) in [6, 6.07) is 19.8.